The Labute approximate surface area is 114 Å². The van der Waals surface area contributed by atoms with E-state index in [2.05, 4.69) is 15.6 Å². The summed E-state index contributed by atoms with van der Waals surface area (Å²) in [5.74, 6) is 0.964. The lowest BCUT2D eigenvalue weighted by Gasteiger charge is -2.07. The van der Waals surface area contributed by atoms with E-state index < -0.39 is 4.92 Å². The fourth-order valence-corrected chi connectivity index (χ4v) is 2.44. The van der Waals surface area contributed by atoms with Crippen LogP contribution in [0.2, 0.25) is 0 Å². The predicted octanol–water partition coefficient (Wildman–Crippen LogP) is 3.01. The van der Waals surface area contributed by atoms with Gasteiger partial charge < -0.3 is 10.6 Å². The van der Waals surface area contributed by atoms with E-state index in [4.69, 9.17) is 0 Å². The minimum atomic E-state index is -0.426. The maximum atomic E-state index is 10.8. The molecule has 0 saturated carbocycles. The number of thiophene rings is 1. The van der Waals surface area contributed by atoms with Crippen molar-refractivity contribution in [3.8, 4) is 0 Å². The van der Waals surface area contributed by atoms with Gasteiger partial charge in [0.1, 0.15) is 11.6 Å². The maximum absolute atomic E-state index is 10.8. The number of nitrogens with zero attached hydrogens (tertiary/aromatic N) is 2. The first-order valence-corrected chi connectivity index (χ1v) is 6.59. The summed E-state index contributed by atoms with van der Waals surface area (Å²) >= 11 is 1.65. The predicted molar refractivity (Wildman–Crippen MR) is 76.8 cm³/mol. The molecule has 100 valence electrons. The Morgan fingerprint density at radius 1 is 1.42 bits per heavy atom. The van der Waals surface area contributed by atoms with Crippen molar-refractivity contribution in [1.82, 2.24) is 4.98 Å². The number of nitro groups is 1. The number of hydrogen-bond donors (Lipinski definition) is 2. The molecule has 0 aromatic carbocycles. The molecule has 6 nitrogen and oxygen atoms in total. The first kappa shape index (κ1) is 13.3. The number of hydrogen-bond acceptors (Lipinski definition) is 6. The normalized spacial score (nSPS) is 10.2. The zero-order valence-corrected chi connectivity index (χ0v) is 11.5. The zero-order valence-electron chi connectivity index (χ0n) is 10.6. The fraction of sp³-hybridized carbons (Fsp3) is 0.250. The van der Waals surface area contributed by atoms with Crippen molar-refractivity contribution in [2.75, 3.05) is 17.7 Å². The Morgan fingerprint density at radius 2 is 2.16 bits per heavy atom. The lowest BCUT2D eigenvalue weighted by molar-refractivity contribution is -0.384. The molecular weight excluding hydrogens is 264 g/mol. The molecule has 2 rings (SSSR count). The topological polar surface area (TPSA) is 80.1 Å². The lowest BCUT2D eigenvalue weighted by atomic mass is 10.3. The van der Waals surface area contributed by atoms with Crippen molar-refractivity contribution in [3.63, 3.8) is 0 Å². The molecule has 2 heterocycles. The van der Waals surface area contributed by atoms with Crippen molar-refractivity contribution in [3.05, 3.63) is 44.1 Å². The van der Waals surface area contributed by atoms with Crippen molar-refractivity contribution in [2.45, 2.75) is 13.5 Å². The summed E-state index contributed by atoms with van der Waals surface area (Å²) in [5.41, 5.74) is 1.22. The third kappa shape index (κ3) is 3.19. The largest absolute Gasteiger partial charge is 0.373 e. The first-order chi connectivity index (χ1) is 9.10. The first-order valence-electron chi connectivity index (χ1n) is 5.71. The molecule has 0 atom stereocenters. The van der Waals surface area contributed by atoms with Gasteiger partial charge in [-0.25, -0.2) is 4.98 Å². The number of pyridine rings is 1. The van der Waals surface area contributed by atoms with Gasteiger partial charge in [-0.3, -0.25) is 10.1 Å². The van der Waals surface area contributed by atoms with E-state index in [9.17, 15) is 10.1 Å². The Balaban J connectivity index is 2.17. The highest BCUT2D eigenvalue weighted by atomic mass is 32.1. The third-order valence-electron chi connectivity index (χ3n) is 2.68. The molecule has 0 aliphatic rings. The average molecular weight is 278 g/mol. The molecule has 0 saturated heterocycles. The van der Waals surface area contributed by atoms with Crippen LogP contribution in [0.5, 0.6) is 0 Å². The molecule has 0 amide bonds. The third-order valence-corrected chi connectivity index (χ3v) is 3.70. The van der Waals surface area contributed by atoms with Crippen LogP contribution in [0.25, 0.3) is 0 Å². The van der Waals surface area contributed by atoms with Crippen molar-refractivity contribution >= 4 is 28.7 Å². The molecule has 0 aliphatic carbocycles. The van der Waals surface area contributed by atoms with Crippen molar-refractivity contribution in [2.24, 2.45) is 0 Å². The molecule has 7 heteroatoms. The van der Waals surface area contributed by atoms with Gasteiger partial charge in [0.05, 0.1) is 23.6 Å². The van der Waals surface area contributed by atoms with Crippen LogP contribution in [0.4, 0.5) is 17.3 Å². The van der Waals surface area contributed by atoms with Crippen LogP contribution in [-0.4, -0.2) is 17.0 Å². The van der Waals surface area contributed by atoms with Gasteiger partial charge in [0.15, 0.2) is 0 Å². The maximum Gasteiger partial charge on any atom is 0.276 e. The van der Waals surface area contributed by atoms with Crippen molar-refractivity contribution in [1.29, 1.82) is 0 Å². The summed E-state index contributed by atoms with van der Waals surface area (Å²) in [6, 6.07) is 4.88. The summed E-state index contributed by atoms with van der Waals surface area (Å²) in [7, 11) is 1.68. The van der Waals surface area contributed by atoms with Gasteiger partial charge in [-0.05, 0) is 23.9 Å². The highest BCUT2D eigenvalue weighted by Gasteiger charge is 2.10. The van der Waals surface area contributed by atoms with Gasteiger partial charge in [-0.15, -0.1) is 11.3 Å². The fourth-order valence-electron chi connectivity index (χ4n) is 1.60. The lowest BCUT2D eigenvalue weighted by Crippen LogP contribution is -2.04. The minimum absolute atomic E-state index is 0.0183. The van der Waals surface area contributed by atoms with Crippen LogP contribution < -0.4 is 10.6 Å². The second kappa shape index (κ2) is 5.66. The van der Waals surface area contributed by atoms with Gasteiger partial charge in [0.25, 0.3) is 5.69 Å². The van der Waals surface area contributed by atoms with E-state index in [0.29, 0.717) is 18.2 Å². The number of nitrogens with one attached hydrogen (secondary N) is 2. The molecule has 19 heavy (non-hydrogen) atoms. The van der Waals surface area contributed by atoms with Crippen LogP contribution in [0.15, 0.2) is 23.6 Å². The van der Waals surface area contributed by atoms with E-state index in [-0.39, 0.29) is 5.69 Å². The molecule has 0 spiro atoms. The number of anilines is 2. The molecule has 2 aromatic heterocycles. The molecule has 0 fully saturated rings. The summed E-state index contributed by atoms with van der Waals surface area (Å²) in [6.45, 7) is 2.65. The molecule has 0 unspecified atom stereocenters. The highest BCUT2D eigenvalue weighted by Crippen LogP contribution is 2.22. The standard InChI is InChI=1S/C12H14N4O2S/c1-8-3-4-19-10(8)7-14-12-6-9(16(17)18)5-11(13-2)15-12/h3-6H,7H2,1-2H3,(H2,13,14,15). The molecule has 0 radical (unpaired) electrons. The van der Waals surface area contributed by atoms with Crippen LogP contribution in [0.3, 0.4) is 0 Å². The van der Waals surface area contributed by atoms with Gasteiger partial charge in [0, 0.05) is 11.9 Å². The SMILES string of the molecule is CNc1cc([N+](=O)[O-])cc(NCc2sccc2C)n1. The second-order valence-electron chi connectivity index (χ2n) is 3.98. The smallest absolute Gasteiger partial charge is 0.276 e. The molecule has 2 aromatic rings. The van der Waals surface area contributed by atoms with Crippen LogP contribution in [0, 0.1) is 17.0 Å². The Kier molecular flexibility index (Phi) is 3.96. The van der Waals surface area contributed by atoms with Crippen LogP contribution in [-0.2, 0) is 6.54 Å². The molecule has 2 N–H and O–H groups in total. The van der Waals surface area contributed by atoms with Gasteiger partial charge >= 0.3 is 0 Å². The number of rotatable bonds is 5. The highest BCUT2D eigenvalue weighted by molar-refractivity contribution is 7.10. The average Bonchev–Trinajstić information content (AvgIpc) is 2.81. The van der Waals surface area contributed by atoms with Crippen LogP contribution >= 0.6 is 11.3 Å². The van der Waals surface area contributed by atoms with Gasteiger partial charge in [-0.2, -0.15) is 0 Å². The van der Waals surface area contributed by atoms with Gasteiger partial charge in [-0.1, -0.05) is 0 Å². The Morgan fingerprint density at radius 3 is 2.74 bits per heavy atom. The summed E-state index contributed by atoms with van der Waals surface area (Å²) < 4.78 is 0. The zero-order chi connectivity index (χ0) is 13.8. The molecule has 0 aliphatic heterocycles. The van der Waals surface area contributed by atoms with Crippen molar-refractivity contribution < 1.29 is 4.92 Å². The second-order valence-corrected chi connectivity index (χ2v) is 4.98. The Bertz CT molecular complexity index is 597. The van der Waals surface area contributed by atoms with Gasteiger partial charge in [0.2, 0.25) is 0 Å². The van der Waals surface area contributed by atoms with E-state index in [1.54, 1.807) is 18.4 Å². The molecular formula is C12H14N4O2S. The van der Waals surface area contributed by atoms with E-state index in [1.165, 1.54) is 22.6 Å². The van der Waals surface area contributed by atoms with E-state index in [0.717, 1.165) is 0 Å². The quantitative estimate of drug-likeness (QED) is 0.649. The number of aromatic nitrogens is 1. The van der Waals surface area contributed by atoms with E-state index >= 15 is 0 Å². The summed E-state index contributed by atoms with van der Waals surface area (Å²) in [4.78, 5) is 15.8. The summed E-state index contributed by atoms with van der Waals surface area (Å²) in [5, 5.41) is 18.8. The minimum Gasteiger partial charge on any atom is -0.373 e. The summed E-state index contributed by atoms with van der Waals surface area (Å²) in [6.07, 6.45) is 0. The Hall–Kier alpha value is -2.15. The number of aryl methyl sites for hydroxylation is 1. The van der Waals surface area contributed by atoms with E-state index in [1.807, 2.05) is 18.4 Å². The van der Waals surface area contributed by atoms with Crippen LogP contribution in [0.1, 0.15) is 10.4 Å². The molecule has 0 bridgehead atoms. The monoisotopic (exact) mass is 278 g/mol.